The maximum Gasteiger partial charge on any atom is 0.411 e. The van der Waals surface area contributed by atoms with Crippen LogP contribution in [0.25, 0.3) is 0 Å². The minimum absolute atomic E-state index is 0.212. The Balaban J connectivity index is 2.75. The molecule has 0 aromatic heterocycles. The fraction of sp³-hybridized carbons (Fsp3) is 0.818. The molecule has 1 N–H and O–H groups in total. The molecule has 1 rings (SSSR count). The number of carbonyl (C=O) groups is 2. The number of carbonyl (C=O) groups excluding carboxylic acids is 1. The Morgan fingerprint density at radius 1 is 1.41 bits per heavy atom. The van der Waals surface area contributed by atoms with Crippen LogP contribution in [0.2, 0.25) is 0 Å². The molecule has 1 aliphatic rings. The number of rotatable bonds is 3. The van der Waals surface area contributed by atoms with Gasteiger partial charge in [-0.15, -0.1) is 0 Å². The van der Waals surface area contributed by atoms with E-state index >= 15 is 0 Å². The van der Waals surface area contributed by atoms with Gasteiger partial charge < -0.3 is 14.6 Å². The van der Waals surface area contributed by atoms with Crippen molar-refractivity contribution in [1.82, 2.24) is 4.90 Å². The van der Waals surface area contributed by atoms with E-state index in [-0.39, 0.29) is 6.04 Å². The fourth-order valence-corrected chi connectivity index (χ4v) is 1.44. The number of hydrogen-bond acceptors (Lipinski definition) is 4. The zero-order valence-electron chi connectivity index (χ0n) is 10.6. The van der Waals surface area contributed by atoms with Crippen LogP contribution in [0.15, 0.2) is 0 Å². The summed E-state index contributed by atoms with van der Waals surface area (Å²) >= 11 is 0. The molecule has 0 bridgehead atoms. The second-order valence-corrected chi connectivity index (χ2v) is 5.09. The summed E-state index contributed by atoms with van der Waals surface area (Å²) in [5, 5.41) is 8.98. The molecule has 1 fully saturated rings. The molecule has 17 heavy (non-hydrogen) atoms. The molecule has 1 atom stereocenters. The Labute approximate surface area is 100 Å². The number of amides is 1. The minimum atomic E-state index is -1.05. The van der Waals surface area contributed by atoms with E-state index in [0.29, 0.717) is 13.2 Å². The first-order chi connectivity index (χ1) is 7.72. The standard InChI is InChI=1S/C11H19NO5/c1-7(9(13)14)12(8-5-16-6-8)10(15)17-11(2,3)4/h7-8H,5-6H2,1-4H3,(H,13,14). The highest BCUT2D eigenvalue weighted by atomic mass is 16.6. The molecule has 0 aliphatic carbocycles. The van der Waals surface area contributed by atoms with Crippen LogP contribution in [0, 0.1) is 0 Å². The van der Waals surface area contributed by atoms with Gasteiger partial charge in [-0.3, -0.25) is 4.90 Å². The number of aliphatic carboxylic acids is 1. The Morgan fingerprint density at radius 2 is 1.94 bits per heavy atom. The molecule has 1 heterocycles. The summed E-state index contributed by atoms with van der Waals surface area (Å²) in [7, 11) is 0. The van der Waals surface area contributed by atoms with Gasteiger partial charge in [-0.25, -0.2) is 9.59 Å². The number of carboxylic acids is 1. The van der Waals surface area contributed by atoms with E-state index in [9.17, 15) is 9.59 Å². The van der Waals surface area contributed by atoms with Gasteiger partial charge in [0.15, 0.2) is 0 Å². The number of nitrogens with zero attached hydrogens (tertiary/aromatic N) is 1. The molecule has 6 heteroatoms. The Morgan fingerprint density at radius 3 is 2.24 bits per heavy atom. The lowest BCUT2D eigenvalue weighted by molar-refractivity contribution is -0.148. The minimum Gasteiger partial charge on any atom is -0.480 e. The molecule has 0 saturated carbocycles. The lowest BCUT2D eigenvalue weighted by atomic mass is 10.1. The van der Waals surface area contributed by atoms with Gasteiger partial charge in [0.25, 0.3) is 0 Å². The van der Waals surface area contributed by atoms with Crippen LogP contribution in [-0.2, 0) is 14.3 Å². The molecule has 1 saturated heterocycles. The molecule has 1 aliphatic heterocycles. The topological polar surface area (TPSA) is 76.1 Å². The molecule has 0 radical (unpaired) electrons. The largest absolute Gasteiger partial charge is 0.480 e. The van der Waals surface area contributed by atoms with Crippen molar-refractivity contribution in [2.24, 2.45) is 0 Å². The van der Waals surface area contributed by atoms with E-state index in [0.717, 1.165) is 0 Å². The SMILES string of the molecule is CC(C(=O)O)N(C(=O)OC(C)(C)C)C1COC1. The van der Waals surface area contributed by atoms with Crippen LogP contribution < -0.4 is 0 Å². The Hall–Kier alpha value is -1.30. The second kappa shape index (κ2) is 4.91. The highest BCUT2D eigenvalue weighted by Gasteiger charge is 2.38. The van der Waals surface area contributed by atoms with Gasteiger partial charge >= 0.3 is 12.1 Å². The fourth-order valence-electron chi connectivity index (χ4n) is 1.44. The maximum atomic E-state index is 11.9. The quantitative estimate of drug-likeness (QED) is 0.805. The van der Waals surface area contributed by atoms with Crippen molar-refractivity contribution < 1.29 is 24.2 Å². The predicted octanol–water partition coefficient (Wildman–Crippen LogP) is 1.10. The van der Waals surface area contributed by atoms with Crippen LogP contribution >= 0.6 is 0 Å². The molecule has 1 amide bonds. The summed E-state index contributed by atoms with van der Waals surface area (Å²) in [4.78, 5) is 24.1. The maximum absolute atomic E-state index is 11.9. The third kappa shape index (κ3) is 3.59. The second-order valence-electron chi connectivity index (χ2n) is 5.09. The third-order valence-electron chi connectivity index (χ3n) is 2.39. The van der Waals surface area contributed by atoms with E-state index in [4.69, 9.17) is 14.6 Å². The number of hydrogen-bond donors (Lipinski definition) is 1. The van der Waals surface area contributed by atoms with E-state index in [1.807, 2.05) is 0 Å². The summed E-state index contributed by atoms with van der Waals surface area (Å²) < 4.78 is 10.2. The Kier molecular flexibility index (Phi) is 3.98. The predicted molar refractivity (Wildman–Crippen MR) is 59.8 cm³/mol. The van der Waals surface area contributed by atoms with Crippen LogP contribution in [0.1, 0.15) is 27.7 Å². The van der Waals surface area contributed by atoms with E-state index in [1.165, 1.54) is 11.8 Å². The van der Waals surface area contributed by atoms with Crippen LogP contribution in [0.5, 0.6) is 0 Å². The van der Waals surface area contributed by atoms with Gasteiger partial charge in [0.05, 0.1) is 19.3 Å². The molecular weight excluding hydrogens is 226 g/mol. The Bertz CT molecular complexity index is 305. The van der Waals surface area contributed by atoms with Crippen LogP contribution in [0.3, 0.4) is 0 Å². The van der Waals surface area contributed by atoms with Crippen molar-refractivity contribution in [3.63, 3.8) is 0 Å². The molecule has 1 unspecified atom stereocenters. The number of carboxylic acid groups (broad SMARTS) is 1. The van der Waals surface area contributed by atoms with Gasteiger partial charge in [0, 0.05) is 0 Å². The van der Waals surface area contributed by atoms with Gasteiger partial charge in [0.2, 0.25) is 0 Å². The van der Waals surface area contributed by atoms with Gasteiger partial charge in [-0.1, -0.05) is 0 Å². The molecular formula is C11H19NO5. The van der Waals surface area contributed by atoms with E-state index in [1.54, 1.807) is 20.8 Å². The number of ether oxygens (including phenoxy) is 2. The van der Waals surface area contributed by atoms with Crippen molar-refractivity contribution in [3.8, 4) is 0 Å². The molecule has 0 aromatic rings. The molecule has 0 aromatic carbocycles. The van der Waals surface area contributed by atoms with Crippen LogP contribution in [-0.4, -0.2) is 53.0 Å². The van der Waals surface area contributed by atoms with Crippen molar-refractivity contribution >= 4 is 12.1 Å². The third-order valence-corrected chi connectivity index (χ3v) is 2.39. The highest BCUT2D eigenvalue weighted by molar-refractivity contribution is 5.80. The first-order valence-corrected chi connectivity index (χ1v) is 5.54. The van der Waals surface area contributed by atoms with Crippen molar-refractivity contribution in [2.45, 2.75) is 45.4 Å². The average molecular weight is 245 g/mol. The van der Waals surface area contributed by atoms with E-state index < -0.39 is 23.7 Å². The summed E-state index contributed by atoms with van der Waals surface area (Å²) in [5.41, 5.74) is -0.641. The van der Waals surface area contributed by atoms with Crippen LogP contribution in [0.4, 0.5) is 4.79 Å². The first-order valence-electron chi connectivity index (χ1n) is 5.54. The zero-order valence-corrected chi connectivity index (χ0v) is 10.6. The zero-order chi connectivity index (χ0) is 13.2. The summed E-state index contributed by atoms with van der Waals surface area (Å²) in [5.74, 6) is -1.05. The van der Waals surface area contributed by atoms with Gasteiger partial charge in [-0.05, 0) is 27.7 Å². The van der Waals surface area contributed by atoms with Crippen molar-refractivity contribution in [2.75, 3.05) is 13.2 Å². The van der Waals surface area contributed by atoms with Gasteiger partial charge in [0.1, 0.15) is 11.6 Å². The lowest BCUT2D eigenvalue weighted by Crippen LogP contribution is -2.58. The summed E-state index contributed by atoms with van der Waals surface area (Å²) in [6.07, 6.45) is -0.610. The van der Waals surface area contributed by atoms with E-state index in [2.05, 4.69) is 0 Å². The molecule has 6 nitrogen and oxygen atoms in total. The molecule has 98 valence electrons. The molecule has 0 spiro atoms. The normalized spacial score (nSPS) is 18.1. The van der Waals surface area contributed by atoms with Crippen molar-refractivity contribution in [3.05, 3.63) is 0 Å². The van der Waals surface area contributed by atoms with Gasteiger partial charge in [-0.2, -0.15) is 0 Å². The average Bonchev–Trinajstić information content (AvgIpc) is 2.06. The highest BCUT2D eigenvalue weighted by Crippen LogP contribution is 2.19. The smallest absolute Gasteiger partial charge is 0.411 e. The summed E-state index contributed by atoms with van der Waals surface area (Å²) in [6, 6.07) is -1.13. The summed E-state index contributed by atoms with van der Waals surface area (Å²) in [6.45, 7) is 7.40. The lowest BCUT2D eigenvalue weighted by Gasteiger charge is -2.39. The van der Waals surface area contributed by atoms with Crippen molar-refractivity contribution in [1.29, 1.82) is 0 Å². The first kappa shape index (κ1) is 13.8. The monoisotopic (exact) mass is 245 g/mol.